The van der Waals surface area contributed by atoms with Crippen molar-refractivity contribution in [2.75, 3.05) is 0 Å². The average Bonchev–Trinajstić information content (AvgIpc) is 3.18. The van der Waals surface area contributed by atoms with E-state index in [1.54, 1.807) is 0 Å². The third kappa shape index (κ3) is 2.86. The highest BCUT2D eigenvalue weighted by Gasteiger charge is 2.41. The van der Waals surface area contributed by atoms with E-state index in [1.165, 1.54) is 42.4 Å². The average molecular weight is 258 g/mol. The van der Waals surface area contributed by atoms with Crippen molar-refractivity contribution in [2.24, 2.45) is 11.8 Å². The molecule has 2 saturated carbocycles. The van der Waals surface area contributed by atoms with Crippen LogP contribution in [-0.4, -0.2) is 10.7 Å². The van der Waals surface area contributed by atoms with E-state index in [-0.39, 0.29) is 0 Å². The van der Waals surface area contributed by atoms with Crippen LogP contribution in [0.5, 0.6) is 0 Å². The molecule has 0 saturated heterocycles. The molecule has 1 nitrogen and oxygen atoms in total. The van der Waals surface area contributed by atoms with Crippen LogP contribution in [0.25, 0.3) is 0 Å². The molecule has 2 unspecified atom stereocenters. The van der Waals surface area contributed by atoms with Gasteiger partial charge in [-0.1, -0.05) is 24.6 Å². The number of hydrogen-bond acceptors (Lipinski definition) is 1. The molecule has 0 amide bonds. The summed E-state index contributed by atoms with van der Waals surface area (Å²) >= 11 is 0. The van der Waals surface area contributed by atoms with E-state index in [2.05, 4.69) is 32.0 Å². The third-order valence-corrected chi connectivity index (χ3v) is 5.30. The van der Waals surface area contributed by atoms with Gasteiger partial charge in [0.2, 0.25) is 0 Å². The summed E-state index contributed by atoms with van der Waals surface area (Å²) in [7, 11) is 0. The van der Waals surface area contributed by atoms with Crippen LogP contribution >= 0.6 is 0 Å². The summed E-state index contributed by atoms with van der Waals surface area (Å²) in [5.41, 5.74) is 3.60. The van der Waals surface area contributed by atoms with Crippen LogP contribution in [0.4, 0.5) is 0 Å². The van der Waals surface area contributed by atoms with E-state index in [0.29, 0.717) is 0 Å². The van der Waals surface area contributed by atoms with Gasteiger partial charge in [0.15, 0.2) is 0 Å². The standard InChI is InChI=1S/C18H26O/c1-13-5-3-6-14(2)17(13)12-18(19)10-4-7-16(11-18)15-8-9-15/h3,5-6,15-16,19H,4,7-12H2,1-2H3. The molecule has 1 aromatic carbocycles. The maximum Gasteiger partial charge on any atom is 0.0690 e. The number of aliphatic hydroxyl groups is 1. The molecule has 1 N–H and O–H groups in total. The molecular weight excluding hydrogens is 232 g/mol. The minimum atomic E-state index is -0.442. The summed E-state index contributed by atoms with van der Waals surface area (Å²) in [6.07, 6.45) is 8.25. The Morgan fingerprint density at radius 1 is 1.11 bits per heavy atom. The molecule has 1 aromatic rings. The predicted molar refractivity (Wildman–Crippen MR) is 79.3 cm³/mol. The molecule has 2 aliphatic carbocycles. The smallest absolute Gasteiger partial charge is 0.0690 e. The Balaban J connectivity index is 1.77. The van der Waals surface area contributed by atoms with Crippen LogP contribution in [0.15, 0.2) is 18.2 Å². The Labute approximate surface area is 117 Å². The second kappa shape index (κ2) is 4.94. The highest BCUT2D eigenvalue weighted by molar-refractivity contribution is 5.34. The van der Waals surface area contributed by atoms with Gasteiger partial charge in [-0.05, 0) is 74.5 Å². The van der Waals surface area contributed by atoms with Crippen molar-refractivity contribution in [1.82, 2.24) is 0 Å². The van der Waals surface area contributed by atoms with Gasteiger partial charge in [0, 0.05) is 6.42 Å². The van der Waals surface area contributed by atoms with Crippen LogP contribution in [0.1, 0.15) is 55.2 Å². The quantitative estimate of drug-likeness (QED) is 0.862. The molecular formula is C18H26O. The highest BCUT2D eigenvalue weighted by Crippen LogP contribution is 2.47. The van der Waals surface area contributed by atoms with Crippen LogP contribution in [0, 0.1) is 25.7 Å². The van der Waals surface area contributed by atoms with Gasteiger partial charge in [-0.2, -0.15) is 0 Å². The monoisotopic (exact) mass is 258 g/mol. The summed E-state index contributed by atoms with van der Waals surface area (Å²) in [6, 6.07) is 6.46. The number of rotatable bonds is 3. The lowest BCUT2D eigenvalue weighted by Crippen LogP contribution is -2.38. The van der Waals surface area contributed by atoms with Gasteiger partial charge in [0.05, 0.1) is 5.60 Å². The Hall–Kier alpha value is -0.820. The largest absolute Gasteiger partial charge is 0.390 e. The van der Waals surface area contributed by atoms with Crippen molar-refractivity contribution in [3.05, 3.63) is 34.9 Å². The van der Waals surface area contributed by atoms with Crippen LogP contribution in [0.2, 0.25) is 0 Å². The number of aryl methyl sites for hydroxylation is 2. The van der Waals surface area contributed by atoms with Crippen molar-refractivity contribution in [3.63, 3.8) is 0 Å². The fourth-order valence-electron chi connectivity index (χ4n) is 3.97. The van der Waals surface area contributed by atoms with Crippen LogP contribution < -0.4 is 0 Å². The lowest BCUT2D eigenvalue weighted by molar-refractivity contribution is -0.0197. The first-order chi connectivity index (χ1) is 9.07. The first-order valence-electron chi connectivity index (χ1n) is 7.85. The molecule has 104 valence electrons. The fourth-order valence-corrected chi connectivity index (χ4v) is 3.97. The normalized spacial score (nSPS) is 31.4. The van der Waals surface area contributed by atoms with Crippen molar-refractivity contribution in [1.29, 1.82) is 0 Å². The molecule has 2 aliphatic rings. The first-order valence-corrected chi connectivity index (χ1v) is 7.85. The first kappa shape index (κ1) is 13.2. The van der Waals surface area contributed by atoms with Crippen molar-refractivity contribution < 1.29 is 5.11 Å². The summed E-state index contributed by atoms with van der Waals surface area (Å²) in [6.45, 7) is 4.35. The van der Waals surface area contributed by atoms with E-state index in [0.717, 1.165) is 31.1 Å². The minimum Gasteiger partial charge on any atom is -0.390 e. The summed E-state index contributed by atoms with van der Waals surface area (Å²) in [5, 5.41) is 11.0. The molecule has 19 heavy (non-hydrogen) atoms. The number of hydrogen-bond donors (Lipinski definition) is 1. The Morgan fingerprint density at radius 3 is 2.42 bits per heavy atom. The lowest BCUT2D eigenvalue weighted by atomic mass is 9.72. The molecule has 0 bridgehead atoms. The maximum absolute atomic E-state index is 11.0. The van der Waals surface area contributed by atoms with Crippen LogP contribution in [0.3, 0.4) is 0 Å². The van der Waals surface area contributed by atoms with Crippen LogP contribution in [-0.2, 0) is 6.42 Å². The van der Waals surface area contributed by atoms with Gasteiger partial charge in [-0.25, -0.2) is 0 Å². The van der Waals surface area contributed by atoms with E-state index < -0.39 is 5.60 Å². The summed E-state index contributed by atoms with van der Waals surface area (Å²) < 4.78 is 0. The molecule has 0 heterocycles. The molecule has 1 heteroatoms. The number of benzene rings is 1. The van der Waals surface area contributed by atoms with E-state index in [9.17, 15) is 5.11 Å². The highest BCUT2D eigenvalue weighted by atomic mass is 16.3. The van der Waals surface area contributed by atoms with Gasteiger partial charge in [0.25, 0.3) is 0 Å². The molecule has 3 rings (SSSR count). The lowest BCUT2D eigenvalue weighted by Gasteiger charge is -2.38. The van der Waals surface area contributed by atoms with E-state index in [4.69, 9.17) is 0 Å². The van der Waals surface area contributed by atoms with Crippen molar-refractivity contribution in [3.8, 4) is 0 Å². The van der Waals surface area contributed by atoms with Gasteiger partial charge in [-0.3, -0.25) is 0 Å². The van der Waals surface area contributed by atoms with Gasteiger partial charge >= 0.3 is 0 Å². The van der Waals surface area contributed by atoms with Gasteiger partial charge in [-0.15, -0.1) is 0 Å². The Bertz CT molecular complexity index is 441. The van der Waals surface area contributed by atoms with Crippen molar-refractivity contribution >= 4 is 0 Å². The third-order valence-electron chi connectivity index (χ3n) is 5.30. The van der Waals surface area contributed by atoms with E-state index >= 15 is 0 Å². The summed E-state index contributed by atoms with van der Waals surface area (Å²) in [5.74, 6) is 1.73. The van der Waals surface area contributed by atoms with E-state index in [1.807, 2.05) is 0 Å². The molecule has 0 aromatic heterocycles. The molecule has 0 radical (unpaired) electrons. The second-order valence-electron chi connectivity index (χ2n) is 6.97. The topological polar surface area (TPSA) is 20.2 Å². The van der Waals surface area contributed by atoms with Crippen molar-refractivity contribution in [2.45, 2.75) is 64.4 Å². The molecule has 2 atom stereocenters. The summed E-state index contributed by atoms with van der Waals surface area (Å²) in [4.78, 5) is 0. The Kier molecular flexibility index (Phi) is 3.42. The zero-order valence-electron chi connectivity index (χ0n) is 12.3. The molecule has 2 fully saturated rings. The zero-order valence-corrected chi connectivity index (χ0v) is 12.3. The minimum absolute atomic E-state index is 0.442. The van der Waals surface area contributed by atoms with Gasteiger partial charge < -0.3 is 5.11 Å². The fraction of sp³-hybridized carbons (Fsp3) is 0.667. The molecule has 0 aliphatic heterocycles. The molecule has 0 spiro atoms. The van der Waals surface area contributed by atoms with Gasteiger partial charge in [0.1, 0.15) is 0 Å². The maximum atomic E-state index is 11.0. The predicted octanol–water partition coefficient (Wildman–Crippen LogP) is 4.18. The zero-order chi connectivity index (χ0) is 13.5. The second-order valence-corrected chi connectivity index (χ2v) is 6.97. The Morgan fingerprint density at radius 2 is 1.79 bits per heavy atom. The SMILES string of the molecule is Cc1cccc(C)c1CC1(O)CCCC(C2CC2)C1.